The molecule has 0 unspecified atom stereocenters. The summed E-state index contributed by atoms with van der Waals surface area (Å²) in [4.78, 5) is 2.37. The fourth-order valence-corrected chi connectivity index (χ4v) is 5.62. The number of rotatable bonds is 4. The maximum atomic E-state index is 2.43. The predicted molar refractivity (Wildman–Crippen MR) is 129 cm³/mol. The molecule has 0 aromatic heterocycles. The van der Waals surface area contributed by atoms with E-state index in [1.165, 1.54) is 45.9 Å². The molecule has 3 aliphatic rings. The molecule has 0 bridgehead atoms. The lowest BCUT2D eigenvalue weighted by Crippen LogP contribution is -2.23. The van der Waals surface area contributed by atoms with Crippen LogP contribution in [0.15, 0.2) is 65.5 Å². The zero-order chi connectivity index (χ0) is 21.7. The van der Waals surface area contributed by atoms with Crippen molar-refractivity contribution in [2.45, 2.75) is 65.7 Å². The van der Waals surface area contributed by atoms with Gasteiger partial charge in [0.05, 0.1) is 5.41 Å². The third-order valence-corrected chi connectivity index (χ3v) is 7.31. The van der Waals surface area contributed by atoms with Crippen LogP contribution in [0.1, 0.15) is 65.0 Å². The van der Waals surface area contributed by atoms with Gasteiger partial charge in [-0.3, -0.25) is 0 Å². The highest BCUT2D eigenvalue weighted by atomic mass is 15.2. The average molecular weight is 402 g/mol. The molecular formula is C28H37N2+. The van der Waals surface area contributed by atoms with Gasteiger partial charge in [0.1, 0.15) is 7.05 Å². The van der Waals surface area contributed by atoms with Crippen LogP contribution in [-0.2, 0) is 11.8 Å². The second-order valence-electron chi connectivity index (χ2n) is 10.1. The van der Waals surface area contributed by atoms with Crippen molar-refractivity contribution >= 4 is 11.4 Å². The third-order valence-electron chi connectivity index (χ3n) is 7.31. The van der Waals surface area contributed by atoms with Crippen LogP contribution in [0.5, 0.6) is 0 Å². The summed E-state index contributed by atoms with van der Waals surface area (Å²) in [6, 6.07) is 7.02. The summed E-state index contributed by atoms with van der Waals surface area (Å²) in [6.45, 7) is 11.7. The molecule has 0 radical (unpaired) electrons. The number of likely N-dealkylation sites (N-methyl/N-ethyl adjacent to an activating group) is 2. The van der Waals surface area contributed by atoms with Crippen molar-refractivity contribution in [3.63, 3.8) is 0 Å². The highest BCUT2D eigenvalue weighted by Gasteiger charge is 2.46. The molecule has 4 rings (SSSR count). The molecule has 1 aromatic carbocycles. The van der Waals surface area contributed by atoms with Gasteiger partial charge < -0.3 is 4.90 Å². The van der Waals surface area contributed by atoms with Crippen LogP contribution in [0.2, 0.25) is 0 Å². The van der Waals surface area contributed by atoms with E-state index in [0.717, 1.165) is 19.3 Å². The van der Waals surface area contributed by atoms with E-state index in [0.29, 0.717) is 0 Å². The lowest BCUT2D eigenvalue weighted by Gasteiger charge is -2.24. The minimum atomic E-state index is 0.0129. The fraction of sp³-hybridized carbons (Fsp3) is 0.464. The van der Waals surface area contributed by atoms with E-state index in [1.807, 2.05) is 0 Å². The van der Waals surface area contributed by atoms with Gasteiger partial charge in [0.2, 0.25) is 5.70 Å². The molecule has 158 valence electrons. The van der Waals surface area contributed by atoms with Crippen molar-refractivity contribution in [3.05, 3.63) is 76.7 Å². The molecule has 0 spiro atoms. The van der Waals surface area contributed by atoms with Gasteiger partial charge in [0.15, 0.2) is 5.71 Å². The van der Waals surface area contributed by atoms with Crippen LogP contribution < -0.4 is 4.90 Å². The van der Waals surface area contributed by atoms with E-state index < -0.39 is 0 Å². The van der Waals surface area contributed by atoms with E-state index in [-0.39, 0.29) is 10.8 Å². The number of nitrogens with zero attached hydrogens (tertiary/aromatic N) is 2. The van der Waals surface area contributed by atoms with E-state index in [2.05, 4.69) is 107 Å². The normalized spacial score (nSPS) is 23.2. The van der Waals surface area contributed by atoms with Crippen molar-refractivity contribution in [2.75, 3.05) is 19.0 Å². The number of hydrogen-bond donors (Lipinski definition) is 0. The zero-order valence-corrected chi connectivity index (χ0v) is 19.8. The molecule has 0 fully saturated rings. The summed E-state index contributed by atoms with van der Waals surface area (Å²) in [5.74, 6) is 0. The summed E-state index contributed by atoms with van der Waals surface area (Å²) < 4.78 is 2.38. The molecule has 0 N–H and O–H groups in total. The Morgan fingerprint density at radius 2 is 1.80 bits per heavy atom. The molecule has 0 atom stereocenters. The smallest absolute Gasteiger partial charge is 0.205 e. The molecular weight excluding hydrogens is 364 g/mol. The van der Waals surface area contributed by atoms with Gasteiger partial charge in [-0.15, -0.1) is 0 Å². The van der Waals surface area contributed by atoms with Crippen LogP contribution in [0, 0.1) is 5.41 Å². The summed E-state index contributed by atoms with van der Waals surface area (Å²) in [5.41, 5.74) is 9.92. The molecule has 1 aliphatic carbocycles. The Kier molecular flexibility index (Phi) is 5.16. The highest BCUT2D eigenvalue weighted by Crippen LogP contribution is 2.47. The minimum absolute atomic E-state index is 0.0129. The molecule has 2 nitrogen and oxygen atoms in total. The Morgan fingerprint density at radius 1 is 1.07 bits per heavy atom. The Morgan fingerprint density at radius 3 is 2.50 bits per heavy atom. The van der Waals surface area contributed by atoms with Gasteiger partial charge >= 0.3 is 0 Å². The van der Waals surface area contributed by atoms with Crippen LogP contribution >= 0.6 is 0 Å². The Balaban J connectivity index is 1.67. The van der Waals surface area contributed by atoms with E-state index >= 15 is 0 Å². The third kappa shape index (κ3) is 3.12. The van der Waals surface area contributed by atoms with E-state index in [9.17, 15) is 0 Å². The summed E-state index contributed by atoms with van der Waals surface area (Å²) in [5, 5.41) is 0. The summed E-state index contributed by atoms with van der Waals surface area (Å²) in [6.07, 6.45) is 16.4. The van der Waals surface area contributed by atoms with Crippen molar-refractivity contribution < 1.29 is 4.58 Å². The van der Waals surface area contributed by atoms with Gasteiger partial charge in [-0.05, 0) is 62.5 Å². The average Bonchev–Trinajstić information content (AvgIpc) is 3.02. The monoisotopic (exact) mass is 401 g/mol. The number of allylic oxidation sites excluding steroid dienone is 7. The van der Waals surface area contributed by atoms with Crippen molar-refractivity contribution in [3.8, 4) is 0 Å². The van der Waals surface area contributed by atoms with E-state index in [1.54, 1.807) is 0 Å². The molecule has 2 heterocycles. The molecule has 0 saturated carbocycles. The summed E-state index contributed by atoms with van der Waals surface area (Å²) >= 11 is 0. The quantitative estimate of drug-likeness (QED) is 0.520. The lowest BCUT2D eigenvalue weighted by molar-refractivity contribution is -0.434. The number of hydrogen-bond acceptors (Lipinski definition) is 1. The SMILES string of the molecule is CCCc1ccc2c(c1)C(C)(C)/C(=C\C=C\C1=[N+](C)C3=CCCC=C3C1(C)C)N2C. The highest BCUT2D eigenvalue weighted by molar-refractivity contribution is 6.00. The first-order valence-corrected chi connectivity index (χ1v) is 11.5. The Bertz CT molecular complexity index is 1020. The molecule has 0 amide bonds. The van der Waals surface area contributed by atoms with Crippen LogP contribution in [0.3, 0.4) is 0 Å². The molecule has 0 saturated heterocycles. The Labute approximate surface area is 183 Å². The second-order valence-corrected chi connectivity index (χ2v) is 10.1. The van der Waals surface area contributed by atoms with Crippen molar-refractivity contribution in [1.29, 1.82) is 0 Å². The van der Waals surface area contributed by atoms with Crippen LogP contribution in [0.4, 0.5) is 5.69 Å². The van der Waals surface area contributed by atoms with Crippen molar-refractivity contribution in [2.24, 2.45) is 5.41 Å². The molecule has 30 heavy (non-hydrogen) atoms. The van der Waals surface area contributed by atoms with Crippen molar-refractivity contribution in [1.82, 2.24) is 0 Å². The largest absolute Gasteiger partial charge is 0.347 e. The minimum Gasteiger partial charge on any atom is -0.347 e. The Hall–Kier alpha value is -2.35. The maximum absolute atomic E-state index is 2.43. The zero-order valence-electron chi connectivity index (χ0n) is 19.8. The van der Waals surface area contributed by atoms with E-state index in [4.69, 9.17) is 0 Å². The van der Waals surface area contributed by atoms with Gasteiger partial charge in [-0.2, -0.15) is 4.58 Å². The van der Waals surface area contributed by atoms with Gasteiger partial charge in [0, 0.05) is 35.5 Å². The number of aryl methyl sites for hydroxylation is 1. The lowest BCUT2D eigenvalue weighted by atomic mass is 9.78. The molecule has 1 aromatic rings. The van der Waals surface area contributed by atoms with Crippen LogP contribution in [0.25, 0.3) is 0 Å². The number of fused-ring (bicyclic) bond motifs is 2. The first kappa shape index (κ1) is 20.9. The summed E-state index contributed by atoms with van der Waals surface area (Å²) in [7, 11) is 4.42. The first-order chi connectivity index (χ1) is 14.2. The fourth-order valence-electron chi connectivity index (χ4n) is 5.62. The topological polar surface area (TPSA) is 6.25 Å². The standard InChI is InChI=1S/C28H37N2/c1-8-12-20-17-18-24-22(19-20)28(4,5)26(30(24)7)16-11-15-25-27(2,3)21-13-9-10-14-23(21)29(25)6/h11,13-19H,8-10,12H2,1-7H3/q+1. The first-order valence-electron chi connectivity index (χ1n) is 11.5. The number of anilines is 1. The van der Waals surface area contributed by atoms with Gasteiger partial charge in [-0.25, -0.2) is 0 Å². The van der Waals surface area contributed by atoms with Gasteiger partial charge in [-0.1, -0.05) is 51.5 Å². The van der Waals surface area contributed by atoms with Crippen LogP contribution in [-0.4, -0.2) is 24.4 Å². The second kappa shape index (κ2) is 7.41. The molecule has 2 aliphatic heterocycles. The maximum Gasteiger partial charge on any atom is 0.205 e. The predicted octanol–water partition coefficient (Wildman–Crippen LogP) is 6.53. The van der Waals surface area contributed by atoms with Gasteiger partial charge in [0.25, 0.3) is 0 Å². The molecule has 2 heteroatoms. The number of benzene rings is 1.